The molecule has 2 heterocycles. The molecule has 0 aliphatic heterocycles. The summed E-state index contributed by atoms with van der Waals surface area (Å²) in [6.45, 7) is 0. The van der Waals surface area contributed by atoms with Gasteiger partial charge in [-0.1, -0.05) is 30.3 Å². The van der Waals surface area contributed by atoms with E-state index in [1.54, 1.807) is 30.3 Å². The first-order chi connectivity index (χ1) is 16.2. The van der Waals surface area contributed by atoms with Gasteiger partial charge in [-0.15, -0.1) is 11.3 Å². The van der Waals surface area contributed by atoms with Crippen LogP contribution in [0.2, 0.25) is 0 Å². The zero-order valence-corrected chi connectivity index (χ0v) is 17.7. The quantitative estimate of drug-likeness (QED) is 0.241. The van der Waals surface area contributed by atoms with E-state index in [9.17, 15) is 28.1 Å². The van der Waals surface area contributed by atoms with Crippen LogP contribution in [0.1, 0.15) is 21.7 Å². The Morgan fingerprint density at radius 3 is 2.50 bits per heavy atom. The smallest absolute Gasteiger partial charge is 0.266 e. The highest BCUT2D eigenvalue weighted by Gasteiger charge is 2.35. The maximum absolute atomic E-state index is 13.3. The van der Waals surface area contributed by atoms with Crippen molar-refractivity contribution in [1.82, 2.24) is 20.2 Å². The minimum absolute atomic E-state index is 0.0658. The van der Waals surface area contributed by atoms with Gasteiger partial charge in [0.05, 0.1) is 16.8 Å². The fraction of sp³-hybridized carbons (Fsp3) is 0.0476. The summed E-state index contributed by atoms with van der Waals surface area (Å²) in [7, 11) is 0. The lowest BCUT2D eigenvalue weighted by atomic mass is 10.1. The van der Waals surface area contributed by atoms with E-state index < -0.39 is 22.7 Å². The first kappa shape index (κ1) is 22.8. The zero-order valence-electron chi connectivity index (χ0n) is 16.9. The summed E-state index contributed by atoms with van der Waals surface area (Å²) < 4.78 is 40.9. The Balaban J connectivity index is 1.54. The number of nitrogens with one attached hydrogen (secondary N) is 1. The van der Waals surface area contributed by atoms with Crippen LogP contribution in [0.5, 0.6) is 0 Å². The Kier molecular flexibility index (Phi) is 6.19. The number of halogens is 3. The number of hydrogen-bond acceptors (Lipinski definition) is 7. The second-order valence-corrected chi connectivity index (χ2v) is 7.59. The number of benzene rings is 2. The summed E-state index contributed by atoms with van der Waals surface area (Å²) in [5, 5.41) is 19.5. The van der Waals surface area contributed by atoms with Gasteiger partial charge in [0, 0.05) is 23.1 Å². The van der Waals surface area contributed by atoms with Crippen molar-refractivity contribution in [2.75, 3.05) is 0 Å². The van der Waals surface area contributed by atoms with Crippen molar-refractivity contribution in [3.05, 3.63) is 93.1 Å². The molecule has 34 heavy (non-hydrogen) atoms. The minimum atomic E-state index is -4.65. The first-order valence-corrected chi connectivity index (χ1v) is 10.4. The number of nitrogens with zero attached hydrogens (tertiary/aromatic N) is 5. The molecule has 0 unspecified atom stereocenters. The van der Waals surface area contributed by atoms with Crippen molar-refractivity contribution < 1.29 is 22.9 Å². The highest BCUT2D eigenvalue weighted by atomic mass is 32.1. The molecule has 0 aliphatic rings. The Labute approximate surface area is 193 Å². The monoisotopic (exact) mass is 486 g/mol. The van der Waals surface area contributed by atoms with Gasteiger partial charge in [-0.2, -0.15) is 23.4 Å². The highest BCUT2D eigenvalue weighted by Crippen LogP contribution is 2.33. The fourth-order valence-corrected chi connectivity index (χ4v) is 3.62. The van der Waals surface area contributed by atoms with Crippen LogP contribution in [0.15, 0.2) is 71.1 Å². The van der Waals surface area contributed by atoms with Gasteiger partial charge in [0.25, 0.3) is 11.6 Å². The molecular weight excluding hydrogens is 473 g/mol. The molecule has 0 bridgehead atoms. The summed E-state index contributed by atoms with van der Waals surface area (Å²) in [6.07, 6.45) is -3.37. The van der Waals surface area contributed by atoms with E-state index in [2.05, 4.69) is 20.6 Å². The van der Waals surface area contributed by atoms with Gasteiger partial charge in [0.1, 0.15) is 5.69 Å². The third-order valence-electron chi connectivity index (χ3n) is 4.46. The van der Waals surface area contributed by atoms with E-state index in [4.69, 9.17) is 0 Å². The molecule has 0 radical (unpaired) electrons. The molecule has 2 aromatic carbocycles. The molecule has 0 spiro atoms. The predicted octanol–water partition coefficient (Wildman–Crippen LogP) is 4.69. The molecule has 4 aromatic rings. The number of carbonyl (C=O) groups is 1. The van der Waals surface area contributed by atoms with Crippen molar-refractivity contribution in [3.63, 3.8) is 0 Å². The second-order valence-electron chi connectivity index (χ2n) is 6.75. The molecule has 0 atom stereocenters. The van der Waals surface area contributed by atoms with Gasteiger partial charge in [0.15, 0.2) is 5.69 Å². The molecule has 4 rings (SSSR count). The summed E-state index contributed by atoms with van der Waals surface area (Å²) in [5.41, 5.74) is 2.20. The number of alkyl halides is 3. The molecule has 0 aliphatic carbocycles. The maximum atomic E-state index is 13.3. The summed E-state index contributed by atoms with van der Waals surface area (Å²) in [4.78, 5) is 26.6. The van der Waals surface area contributed by atoms with Crippen LogP contribution < -0.4 is 5.43 Å². The van der Waals surface area contributed by atoms with Crippen LogP contribution in [-0.2, 0) is 6.18 Å². The van der Waals surface area contributed by atoms with E-state index >= 15 is 0 Å². The first-order valence-electron chi connectivity index (χ1n) is 9.49. The van der Waals surface area contributed by atoms with E-state index in [1.807, 2.05) is 0 Å². The molecule has 1 N–H and O–H groups in total. The van der Waals surface area contributed by atoms with Crippen LogP contribution in [-0.4, -0.2) is 31.8 Å². The van der Waals surface area contributed by atoms with Gasteiger partial charge < -0.3 is 0 Å². The van der Waals surface area contributed by atoms with E-state index in [1.165, 1.54) is 35.9 Å². The van der Waals surface area contributed by atoms with Gasteiger partial charge >= 0.3 is 6.18 Å². The van der Waals surface area contributed by atoms with Crippen LogP contribution in [0.3, 0.4) is 0 Å². The van der Waals surface area contributed by atoms with Crippen molar-refractivity contribution in [2.24, 2.45) is 5.10 Å². The van der Waals surface area contributed by atoms with Gasteiger partial charge in [-0.05, 0) is 23.8 Å². The Morgan fingerprint density at radius 1 is 1.15 bits per heavy atom. The fourth-order valence-electron chi connectivity index (χ4n) is 2.85. The van der Waals surface area contributed by atoms with Crippen LogP contribution in [0.4, 0.5) is 18.9 Å². The number of nitro benzene ring substituents is 1. The topological polar surface area (TPSA) is 115 Å². The number of carbonyl (C=O) groups excluding carboxylic acids is 1. The predicted molar refractivity (Wildman–Crippen MR) is 118 cm³/mol. The lowest BCUT2D eigenvalue weighted by Crippen LogP contribution is -2.18. The molecule has 172 valence electrons. The molecule has 1 amide bonds. The number of hydrazone groups is 1. The molecule has 0 saturated carbocycles. The molecule has 13 heteroatoms. The summed E-state index contributed by atoms with van der Waals surface area (Å²) in [5.74, 6) is -0.690. The number of hydrogen-bond donors (Lipinski definition) is 1. The third-order valence-corrected chi connectivity index (χ3v) is 5.28. The normalized spacial score (nSPS) is 11.6. The lowest BCUT2D eigenvalue weighted by molar-refractivity contribution is -0.384. The number of rotatable bonds is 6. The molecule has 9 nitrogen and oxygen atoms in total. The summed E-state index contributed by atoms with van der Waals surface area (Å²) in [6, 6.07) is 14.8. The van der Waals surface area contributed by atoms with Crippen LogP contribution >= 0.6 is 11.3 Å². The number of amides is 1. The van der Waals surface area contributed by atoms with Crippen molar-refractivity contribution >= 4 is 29.1 Å². The average Bonchev–Trinajstić information content (AvgIpc) is 3.47. The maximum Gasteiger partial charge on any atom is 0.435 e. The number of aromatic nitrogens is 3. The Morgan fingerprint density at radius 2 is 1.85 bits per heavy atom. The lowest BCUT2D eigenvalue weighted by Gasteiger charge is -2.03. The van der Waals surface area contributed by atoms with Crippen molar-refractivity contribution in [2.45, 2.75) is 6.18 Å². The third kappa shape index (κ3) is 4.99. The van der Waals surface area contributed by atoms with Crippen LogP contribution in [0.25, 0.3) is 16.4 Å². The van der Waals surface area contributed by atoms with Crippen molar-refractivity contribution in [1.29, 1.82) is 0 Å². The molecule has 2 aromatic heterocycles. The van der Waals surface area contributed by atoms with Crippen LogP contribution in [0, 0.1) is 10.1 Å². The summed E-state index contributed by atoms with van der Waals surface area (Å²) >= 11 is 0.943. The average molecular weight is 486 g/mol. The number of thiazole rings is 1. The molecule has 0 fully saturated rings. The Hall–Kier alpha value is -4.39. The standard InChI is InChI=1S/C21H13F3N6O3S/c22-21(23,24)18-10-17(14-4-2-1-3-5-14)29(28-18)20-26-16(12-34-20)19(31)27-25-11-13-6-8-15(9-7-13)30(32)33/h1-12H,(H,27,31)/b25-11-. The molecular formula is C21H13F3N6O3S. The Bertz CT molecular complexity index is 1360. The minimum Gasteiger partial charge on any atom is -0.266 e. The molecule has 0 saturated heterocycles. The van der Waals surface area contributed by atoms with E-state index in [-0.39, 0.29) is 22.2 Å². The van der Waals surface area contributed by atoms with E-state index in [0.29, 0.717) is 11.1 Å². The zero-order chi connectivity index (χ0) is 24.3. The van der Waals surface area contributed by atoms with Gasteiger partial charge in [0.2, 0.25) is 5.13 Å². The van der Waals surface area contributed by atoms with Gasteiger partial charge in [-0.25, -0.2) is 15.1 Å². The van der Waals surface area contributed by atoms with Gasteiger partial charge in [-0.3, -0.25) is 14.9 Å². The number of non-ortho nitro benzene ring substituents is 1. The SMILES string of the molecule is O=C(N/N=C\c1ccc([N+](=O)[O-])cc1)c1csc(-n2nc(C(F)(F)F)cc2-c2ccccc2)n1. The highest BCUT2D eigenvalue weighted by molar-refractivity contribution is 7.12. The van der Waals surface area contributed by atoms with E-state index in [0.717, 1.165) is 22.1 Å². The largest absolute Gasteiger partial charge is 0.435 e. The number of nitro groups is 1. The second kappa shape index (κ2) is 9.23. The van der Waals surface area contributed by atoms with Crippen molar-refractivity contribution in [3.8, 4) is 16.4 Å².